The average Bonchev–Trinajstić information content (AvgIpc) is 2.57. The van der Waals surface area contributed by atoms with E-state index in [-0.39, 0.29) is 0 Å². The molecule has 2 unspecified atom stereocenters. The van der Waals surface area contributed by atoms with E-state index < -0.39 is 36.0 Å². The Bertz CT molecular complexity index is 408. The minimum absolute atomic E-state index is 0.464. The van der Waals surface area contributed by atoms with Gasteiger partial charge in [0.1, 0.15) is 12.1 Å². The molecule has 26 heavy (non-hydrogen) atoms. The number of rotatable bonds is 10. The highest BCUT2D eigenvalue weighted by molar-refractivity contribution is 6.27. The highest BCUT2D eigenvalue weighted by Gasteiger charge is 2.09. The molecule has 0 aliphatic carbocycles. The van der Waals surface area contributed by atoms with Crippen LogP contribution >= 0.6 is 0 Å². The summed E-state index contributed by atoms with van der Waals surface area (Å²) in [6.07, 6.45) is 4.46. The van der Waals surface area contributed by atoms with Crippen LogP contribution in [0.3, 0.4) is 0 Å². The number of carbonyl (C=O) groups is 4. The largest absolute Gasteiger partial charge is 0.480 e. The molecule has 12 nitrogen and oxygen atoms in total. The molecule has 0 saturated heterocycles. The molecule has 2 atom stereocenters. The molecule has 0 fully saturated rings. The summed E-state index contributed by atoms with van der Waals surface area (Å²) in [6.45, 7) is 1.17. The van der Waals surface area contributed by atoms with Crippen LogP contribution in [0.5, 0.6) is 0 Å². The maximum absolute atomic E-state index is 10.2. The molecule has 0 saturated carbocycles. The number of hydrogen-bond donors (Lipinski definition) is 8. The summed E-state index contributed by atoms with van der Waals surface area (Å²) in [7, 11) is 0. The monoisotopic (exact) mass is 382 g/mol. The Kier molecular flexibility index (Phi) is 20.9. The summed E-state index contributed by atoms with van der Waals surface area (Å²) in [5.41, 5.74) is 20.8. The number of hydrogen-bond acceptors (Lipinski definition) is 8. The number of aliphatic carboxylic acids is 4. The Morgan fingerprint density at radius 1 is 0.615 bits per heavy atom. The number of unbranched alkanes of at least 4 members (excludes halogenated alkanes) is 2. The molecule has 12 N–H and O–H groups in total. The summed E-state index contributed by atoms with van der Waals surface area (Å²) in [5, 5.41) is 31.4. The first-order valence-corrected chi connectivity index (χ1v) is 7.84. The fourth-order valence-corrected chi connectivity index (χ4v) is 1.27. The van der Waals surface area contributed by atoms with E-state index in [1.165, 1.54) is 0 Å². The first-order valence-electron chi connectivity index (χ1n) is 7.84. The Balaban J connectivity index is -0.000000319. The van der Waals surface area contributed by atoms with Crippen molar-refractivity contribution >= 4 is 23.9 Å². The Labute approximate surface area is 151 Å². The molecule has 0 spiro atoms. The van der Waals surface area contributed by atoms with Crippen molar-refractivity contribution in [2.75, 3.05) is 13.1 Å². The van der Waals surface area contributed by atoms with E-state index in [0.29, 0.717) is 32.4 Å². The highest BCUT2D eigenvalue weighted by Crippen LogP contribution is 2.01. The molecule has 0 aromatic heterocycles. The second-order valence-corrected chi connectivity index (χ2v) is 5.07. The van der Waals surface area contributed by atoms with E-state index in [2.05, 4.69) is 0 Å². The van der Waals surface area contributed by atoms with Crippen LogP contribution in [-0.4, -0.2) is 69.5 Å². The Hall–Kier alpha value is -2.28. The summed E-state index contributed by atoms with van der Waals surface area (Å²) >= 11 is 0. The molecular formula is C14H30N4O8. The molecule has 0 bridgehead atoms. The quantitative estimate of drug-likeness (QED) is 0.154. The molecule has 154 valence electrons. The van der Waals surface area contributed by atoms with Gasteiger partial charge in [-0.05, 0) is 38.8 Å². The van der Waals surface area contributed by atoms with Gasteiger partial charge in [0.05, 0.1) is 0 Å². The van der Waals surface area contributed by atoms with Crippen molar-refractivity contribution in [3.05, 3.63) is 0 Å². The predicted molar refractivity (Wildman–Crippen MR) is 92.3 cm³/mol. The third kappa shape index (κ3) is 24.0. The standard InChI is InChI=1S/C7H16N2O2.C5H12N2O2.C2H2O4/c8-5-3-1-2-4-6(9)7(10)11;6-3-1-2-4(7)5(8)9;3-1(4)2(5)6/h6H,1-5,8-9H2,(H,10,11);4H,1-3,6-7H2,(H,8,9);(H,3,4)(H,5,6). The minimum atomic E-state index is -1.82. The lowest BCUT2D eigenvalue weighted by Crippen LogP contribution is -2.30. The average molecular weight is 382 g/mol. The zero-order valence-electron chi connectivity index (χ0n) is 14.5. The van der Waals surface area contributed by atoms with Gasteiger partial charge in [-0.15, -0.1) is 0 Å². The van der Waals surface area contributed by atoms with Gasteiger partial charge >= 0.3 is 23.9 Å². The van der Waals surface area contributed by atoms with Crippen LogP contribution in [0.2, 0.25) is 0 Å². The van der Waals surface area contributed by atoms with Crippen LogP contribution in [0.25, 0.3) is 0 Å². The van der Waals surface area contributed by atoms with Crippen LogP contribution in [-0.2, 0) is 19.2 Å². The van der Waals surface area contributed by atoms with Crippen molar-refractivity contribution in [1.82, 2.24) is 0 Å². The smallest absolute Gasteiger partial charge is 0.414 e. The molecule has 0 aromatic carbocycles. The molecule has 0 radical (unpaired) electrons. The first-order chi connectivity index (χ1) is 12.0. The fourth-order valence-electron chi connectivity index (χ4n) is 1.27. The zero-order valence-corrected chi connectivity index (χ0v) is 14.5. The number of carboxylic acid groups (broad SMARTS) is 4. The van der Waals surface area contributed by atoms with Gasteiger partial charge in [-0.3, -0.25) is 9.59 Å². The molecule has 12 heteroatoms. The van der Waals surface area contributed by atoms with E-state index in [1.54, 1.807) is 0 Å². The topological polar surface area (TPSA) is 253 Å². The SMILES string of the molecule is NCCCC(N)C(=O)O.NCCCCCC(N)C(=O)O.O=C(O)C(=O)O. The van der Waals surface area contributed by atoms with Gasteiger partial charge in [0, 0.05) is 0 Å². The third-order valence-electron chi connectivity index (χ3n) is 2.76. The molecule has 0 aliphatic heterocycles. The minimum Gasteiger partial charge on any atom is -0.480 e. The van der Waals surface area contributed by atoms with Crippen molar-refractivity contribution in [2.24, 2.45) is 22.9 Å². The Morgan fingerprint density at radius 2 is 0.962 bits per heavy atom. The summed E-state index contributed by atoms with van der Waals surface area (Å²) < 4.78 is 0. The van der Waals surface area contributed by atoms with Crippen molar-refractivity contribution in [2.45, 2.75) is 50.6 Å². The molecule has 0 heterocycles. The summed E-state index contributed by atoms with van der Waals surface area (Å²) in [5.74, 6) is -5.52. The van der Waals surface area contributed by atoms with Crippen molar-refractivity contribution in [3.63, 3.8) is 0 Å². The van der Waals surface area contributed by atoms with Crippen LogP contribution in [0.4, 0.5) is 0 Å². The van der Waals surface area contributed by atoms with Gasteiger partial charge in [0.2, 0.25) is 0 Å². The van der Waals surface area contributed by atoms with Crippen LogP contribution in [0.1, 0.15) is 38.5 Å². The normalized spacial score (nSPS) is 11.7. The van der Waals surface area contributed by atoms with Crippen LogP contribution in [0, 0.1) is 0 Å². The summed E-state index contributed by atoms with van der Waals surface area (Å²) in [4.78, 5) is 38.5. The third-order valence-corrected chi connectivity index (χ3v) is 2.76. The van der Waals surface area contributed by atoms with Gasteiger partial charge in [-0.25, -0.2) is 9.59 Å². The van der Waals surface area contributed by atoms with Crippen molar-refractivity contribution in [1.29, 1.82) is 0 Å². The number of nitrogens with two attached hydrogens (primary N) is 4. The van der Waals surface area contributed by atoms with Crippen molar-refractivity contribution in [3.8, 4) is 0 Å². The number of carboxylic acids is 4. The maximum atomic E-state index is 10.2. The van der Waals surface area contributed by atoms with Gasteiger partial charge in [0.25, 0.3) is 0 Å². The second-order valence-electron chi connectivity index (χ2n) is 5.07. The lowest BCUT2D eigenvalue weighted by molar-refractivity contribution is -0.159. The van der Waals surface area contributed by atoms with E-state index in [4.69, 9.17) is 52.9 Å². The lowest BCUT2D eigenvalue weighted by Gasteiger charge is -2.04. The van der Waals surface area contributed by atoms with Gasteiger partial charge in [-0.1, -0.05) is 12.8 Å². The van der Waals surface area contributed by atoms with Gasteiger partial charge in [-0.2, -0.15) is 0 Å². The fraction of sp³-hybridized carbons (Fsp3) is 0.714. The summed E-state index contributed by atoms with van der Waals surface area (Å²) in [6, 6.07) is -1.44. The van der Waals surface area contributed by atoms with Crippen LogP contribution < -0.4 is 22.9 Å². The molecule has 0 aromatic rings. The maximum Gasteiger partial charge on any atom is 0.414 e. The molecule has 0 amide bonds. The van der Waals surface area contributed by atoms with Gasteiger partial charge in [0.15, 0.2) is 0 Å². The molecule has 0 aliphatic rings. The lowest BCUT2D eigenvalue weighted by atomic mass is 10.1. The van der Waals surface area contributed by atoms with E-state index >= 15 is 0 Å². The van der Waals surface area contributed by atoms with Crippen LogP contribution in [0.15, 0.2) is 0 Å². The highest BCUT2D eigenvalue weighted by atomic mass is 16.4. The second kappa shape index (κ2) is 19.1. The molecular weight excluding hydrogens is 352 g/mol. The van der Waals surface area contributed by atoms with E-state index in [9.17, 15) is 9.59 Å². The van der Waals surface area contributed by atoms with E-state index in [1.807, 2.05) is 0 Å². The van der Waals surface area contributed by atoms with Gasteiger partial charge < -0.3 is 43.4 Å². The Morgan fingerprint density at radius 3 is 1.23 bits per heavy atom. The molecule has 0 rings (SSSR count). The van der Waals surface area contributed by atoms with E-state index in [0.717, 1.165) is 19.3 Å². The van der Waals surface area contributed by atoms with Crippen molar-refractivity contribution < 1.29 is 39.6 Å². The zero-order chi connectivity index (χ0) is 21.1. The first kappa shape index (κ1) is 28.5. The predicted octanol–water partition coefficient (Wildman–Crippen LogP) is -1.79.